The minimum atomic E-state index is 0. The van der Waals surface area contributed by atoms with Crippen molar-refractivity contribution in [3.05, 3.63) is 30.3 Å². The molecule has 1 aliphatic carbocycles. The highest BCUT2D eigenvalue weighted by atomic mass is 35.5. The molecule has 0 atom stereocenters. The summed E-state index contributed by atoms with van der Waals surface area (Å²) in [6.07, 6.45) is 2.49. The number of para-hydroxylation sites is 1. The van der Waals surface area contributed by atoms with E-state index in [1.165, 1.54) is 12.8 Å². The van der Waals surface area contributed by atoms with Crippen molar-refractivity contribution >= 4 is 24.0 Å². The summed E-state index contributed by atoms with van der Waals surface area (Å²) in [7, 11) is 0. The number of anilines is 1. The summed E-state index contributed by atoms with van der Waals surface area (Å²) in [5.41, 5.74) is 1.36. The van der Waals surface area contributed by atoms with E-state index in [0.717, 1.165) is 12.2 Å². The van der Waals surface area contributed by atoms with E-state index in [1.807, 2.05) is 30.3 Å². The van der Waals surface area contributed by atoms with Gasteiger partial charge >= 0.3 is 0 Å². The van der Waals surface area contributed by atoms with Crippen molar-refractivity contribution in [1.82, 2.24) is 5.32 Å². The van der Waals surface area contributed by atoms with Crippen molar-refractivity contribution in [2.75, 3.05) is 18.4 Å². The van der Waals surface area contributed by atoms with Crippen LogP contribution in [0.5, 0.6) is 0 Å². The fourth-order valence-electron chi connectivity index (χ4n) is 2.19. The topological polar surface area (TPSA) is 41.1 Å². The van der Waals surface area contributed by atoms with E-state index < -0.39 is 0 Å². The highest BCUT2D eigenvalue weighted by molar-refractivity contribution is 5.85. The summed E-state index contributed by atoms with van der Waals surface area (Å²) in [5.74, 6) is 0.727. The molecule has 1 aromatic carbocycles. The number of amides is 1. The molecular formula is C15H23ClN2O. The highest BCUT2D eigenvalue weighted by Gasteiger charge is 2.45. The number of rotatable bonds is 6. The molecule has 0 heterocycles. The number of hydrogen-bond donors (Lipinski definition) is 2. The van der Waals surface area contributed by atoms with Crippen LogP contribution < -0.4 is 10.6 Å². The molecule has 0 unspecified atom stereocenters. The Kier molecular flexibility index (Phi) is 5.67. The summed E-state index contributed by atoms with van der Waals surface area (Å²) in [5, 5.41) is 6.15. The molecule has 0 aromatic heterocycles. The van der Waals surface area contributed by atoms with Gasteiger partial charge in [0.1, 0.15) is 0 Å². The normalized spacial score (nSPS) is 15.5. The molecule has 0 aliphatic heterocycles. The largest absolute Gasteiger partial charge is 0.376 e. The molecule has 2 rings (SSSR count). The van der Waals surface area contributed by atoms with Crippen LogP contribution in [0.25, 0.3) is 0 Å². The third-order valence-corrected chi connectivity index (χ3v) is 3.98. The predicted octanol–water partition coefficient (Wildman–Crippen LogP) is 3.07. The minimum Gasteiger partial charge on any atom is -0.376 e. The molecule has 0 saturated heterocycles. The van der Waals surface area contributed by atoms with Gasteiger partial charge in [-0.2, -0.15) is 0 Å². The second kappa shape index (κ2) is 6.80. The van der Waals surface area contributed by atoms with Crippen molar-refractivity contribution < 1.29 is 4.79 Å². The molecule has 1 amide bonds. The molecule has 19 heavy (non-hydrogen) atoms. The molecule has 1 saturated carbocycles. The van der Waals surface area contributed by atoms with Crippen LogP contribution in [-0.2, 0) is 4.79 Å². The van der Waals surface area contributed by atoms with Crippen molar-refractivity contribution in [2.45, 2.75) is 26.7 Å². The van der Waals surface area contributed by atoms with E-state index in [1.54, 1.807) is 0 Å². The Morgan fingerprint density at radius 2 is 1.89 bits per heavy atom. The van der Waals surface area contributed by atoms with Crippen LogP contribution >= 0.6 is 12.4 Å². The molecular weight excluding hydrogens is 260 g/mol. The first-order chi connectivity index (χ1) is 8.62. The zero-order valence-corrected chi connectivity index (χ0v) is 12.4. The zero-order valence-electron chi connectivity index (χ0n) is 11.6. The maximum atomic E-state index is 11.7. The fourth-order valence-corrected chi connectivity index (χ4v) is 2.19. The molecule has 1 aromatic rings. The number of carbonyl (C=O) groups is 1. The third-order valence-electron chi connectivity index (χ3n) is 3.98. The summed E-state index contributed by atoms with van der Waals surface area (Å²) < 4.78 is 0. The van der Waals surface area contributed by atoms with E-state index in [2.05, 4.69) is 24.5 Å². The van der Waals surface area contributed by atoms with Crippen LogP contribution in [0.1, 0.15) is 26.7 Å². The summed E-state index contributed by atoms with van der Waals surface area (Å²) in [6, 6.07) is 9.80. The molecule has 1 fully saturated rings. The fraction of sp³-hybridized carbons (Fsp3) is 0.533. The van der Waals surface area contributed by atoms with Gasteiger partial charge < -0.3 is 10.6 Å². The Labute approximate surface area is 121 Å². The van der Waals surface area contributed by atoms with Gasteiger partial charge in [0, 0.05) is 12.2 Å². The maximum Gasteiger partial charge on any atom is 0.239 e. The van der Waals surface area contributed by atoms with Gasteiger partial charge in [0.15, 0.2) is 0 Å². The Morgan fingerprint density at radius 1 is 1.26 bits per heavy atom. The molecule has 2 N–H and O–H groups in total. The van der Waals surface area contributed by atoms with Gasteiger partial charge in [-0.1, -0.05) is 32.0 Å². The molecule has 0 bridgehead atoms. The molecule has 3 nitrogen and oxygen atoms in total. The predicted molar refractivity (Wildman–Crippen MR) is 81.7 cm³/mol. The van der Waals surface area contributed by atoms with Gasteiger partial charge in [-0.15, -0.1) is 12.4 Å². The Hall–Kier alpha value is -1.22. The van der Waals surface area contributed by atoms with Crippen LogP contribution in [0.4, 0.5) is 5.69 Å². The number of hydrogen-bond acceptors (Lipinski definition) is 2. The van der Waals surface area contributed by atoms with Crippen LogP contribution in [-0.4, -0.2) is 19.0 Å². The summed E-state index contributed by atoms with van der Waals surface area (Å²) in [4.78, 5) is 11.7. The summed E-state index contributed by atoms with van der Waals surface area (Å²) >= 11 is 0. The van der Waals surface area contributed by atoms with E-state index in [9.17, 15) is 4.79 Å². The van der Waals surface area contributed by atoms with Crippen LogP contribution in [0.2, 0.25) is 0 Å². The van der Waals surface area contributed by atoms with Crippen molar-refractivity contribution in [2.24, 2.45) is 11.3 Å². The van der Waals surface area contributed by atoms with Crippen LogP contribution in [0.15, 0.2) is 30.3 Å². The Balaban J connectivity index is 0.00000180. The smallest absolute Gasteiger partial charge is 0.239 e. The van der Waals surface area contributed by atoms with E-state index in [-0.39, 0.29) is 18.3 Å². The molecule has 0 radical (unpaired) electrons. The van der Waals surface area contributed by atoms with E-state index >= 15 is 0 Å². The van der Waals surface area contributed by atoms with Gasteiger partial charge in [-0.25, -0.2) is 0 Å². The molecule has 106 valence electrons. The monoisotopic (exact) mass is 282 g/mol. The van der Waals surface area contributed by atoms with Crippen molar-refractivity contribution in [3.8, 4) is 0 Å². The lowest BCUT2D eigenvalue weighted by Gasteiger charge is -2.20. The first-order valence-electron chi connectivity index (χ1n) is 6.68. The number of nitrogens with one attached hydrogen (secondary N) is 2. The van der Waals surface area contributed by atoms with Crippen LogP contribution in [0.3, 0.4) is 0 Å². The molecule has 1 aliphatic rings. The number of halogens is 1. The molecule has 4 heteroatoms. The average molecular weight is 283 g/mol. The van der Waals surface area contributed by atoms with Gasteiger partial charge in [0.2, 0.25) is 5.91 Å². The first kappa shape index (κ1) is 15.8. The van der Waals surface area contributed by atoms with Gasteiger partial charge in [0.05, 0.1) is 6.54 Å². The zero-order chi connectivity index (χ0) is 13.0. The Morgan fingerprint density at radius 3 is 2.42 bits per heavy atom. The summed E-state index contributed by atoms with van der Waals surface area (Å²) in [6.45, 7) is 5.64. The first-order valence-corrected chi connectivity index (χ1v) is 6.68. The lowest BCUT2D eigenvalue weighted by molar-refractivity contribution is -0.119. The van der Waals surface area contributed by atoms with E-state index in [4.69, 9.17) is 0 Å². The lowest BCUT2D eigenvalue weighted by atomic mass is 9.92. The van der Waals surface area contributed by atoms with Crippen LogP contribution in [0, 0.1) is 11.3 Å². The van der Waals surface area contributed by atoms with E-state index in [0.29, 0.717) is 17.9 Å². The minimum absolute atomic E-state index is 0. The maximum absolute atomic E-state index is 11.7. The average Bonchev–Trinajstić information content (AvgIpc) is 3.16. The van der Waals surface area contributed by atoms with Gasteiger partial charge in [0.25, 0.3) is 0 Å². The number of carbonyl (C=O) groups excluding carboxylic acids is 1. The second-order valence-electron chi connectivity index (χ2n) is 5.51. The van der Waals surface area contributed by atoms with Gasteiger partial charge in [-0.05, 0) is 36.3 Å². The second-order valence-corrected chi connectivity index (χ2v) is 5.51. The lowest BCUT2D eigenvalue weighted by Crippen LogP contribution is -2.36. The van der Waals surface area contributed by atoms with Crippen molar-refractivity contribution in [3.63, 3.8) is 0 Å². The quantitative estimate of drug-likeness (QED) is 0.842. The Bertz CT molecular complexity index is 402. The number of benzene rings is 1. The third kappa shape index (κ3) is 4.43. The van der Waals surface area contributed by atoms with Crippen molar-refractivity contribution in [1.29, 1.82) is 0 Å². The van der Waals surface area contributed by atoms with Gasteiger partial charge in [-0.3, -0.25) is 4.79 Å². The SMILES string of the molecule is CC(C)C1(CNC(=O)CNc2ccccc2)CC1.Cl. The standard InChI is InChI=1S/C15H22N2O.ClH/c1-12(2)15(8-9-15)11-17-14(18)10-16-13-6-4-3-5-7-13;/h3-7,12,16H,8-11H2,1-2H3,(H,17,18);1H. The highest BCUT2D eigenvalue weighted by Crippen LogP contribution is 2.51. The molecule has 0 spiro atoms.